The minimum absolute atomic E-state index is 0.0553. The normalized spacial score (nSPS) is 18.0. The number of esters is 2. The monoisotopic (exact) mass is 564 g/mol. The topological polar surface area (TPSA) is 108 Å². The van der Waals surface area contributed by atoms with Crippen LogP contribution in [0.5, 0.6) is 0 Å². The zero-order valence-electron chi connectivity index (χ0n) is 25.2. The Labute approximate surface area is 245 Å². The number of nitrogens with two attached hydrogens (primary N) is 1. The quantitative estimate of drug-likeness (QED) is 0.270. The molecule has 0 amide bonds. The maximum atomic E-state index is 12.0. The molecule has 1 saturated carbocycles. The Bertz CT molecular complexity index is 1100. The summed E-state index contributed by atoms with van der Waals surface area (Å²) in [7, 11) is 0. The van der Waals surface area contributed by atoms with E-state index in [0.29, 0.717) is 26.1 Å². The van der Waals surface area contributed by atoms with Crippen LogP contribution >= 0.6 is 0 Å². The van der Waals surface area contributed by atoms with Gasteiger partial charge in [-0.3, -0.25) is 9.59 Å². The van der Waals surface area contributed by atoms with E-state index < -0.39 is 5.92 Å². The summed E-state index contributed by atoms with van der Waals surface area (Å²) >= 11 is 0. The zero-order valence-corrected chi connectivity index (χ0v) is 25.2. The van der Waals surface area contributed by atoms with Gasteiger partial charge in [0, 0.05) is 24.2 Å². The van der Waals surface area contributed by atoms with Crippen molar-refractivity contribution in [3.05, 3.63) is 83.1 Å². The van der Waals surface area contributed by atoms with E-state index in [-0.39, 0.29) is 29.8 Å². The second-order valence-electron chi connectivity index (χ2n) is 10.4. The lowest BCUT2D eigenvalue weighted by molar-refractivity contribution is -0.152. The van der Waals surface area contributed by atoms with Crippen LogP contribution in [-0.4, -0.2) is 30.9 Å². The molecule has 0 aliphatic heterocycles. The van der Waals surface area contributed by atoms with Gasteiger partial charge in [-0.15, -0.1) is 0 Å². The summed E-state index contributed by atoms with van der Waals surface area (Å²) in [6, 6.07) is 20.7. The van der Waals surface area contributed by atoms with Crippen molar-refractivity contribution in [3.63, 3.8) is 0 Å². The molecule has 41 heavy (non-hydrogen) atoms. The summed E-state index contributed by atoms with van der Waals surface area (Å²) in [6.45, 7) is 8.51. The first-order chi connectivity index (χ1) is 19.8. The molecule has 7 nitrogen and oxygen atoms in total. The Morgan fingerprint density at radius 3 is 1.93 bits per heavy atom. The van der Waals surface area contributed by atoms with Gasteiger partial charge in [0.1, 0.15) is 11.7 Å². The lowest BCUT2D eigenvalue weighted by atomic mass is 9.88. The van der Waals surface area contributed by atoms with Crippen molar-refractivity contribution in [2.24, 2.45) is 11.7 Å². The van der Waals surface area contributed by atoms with Crippen molar-refractivity contribution in [1.29, 1.82) is 0 Å². The van der Waals surface area contributed by atoms with Crippen molar-refractivity contribution < 1.29 is 23.9 Å². The van der Waals surface area contributed by atoms with Gasteiger partial charge in [0.2, 0.25) is 0 Å². The molecule has 1 fully saturated rings. The van der Waals surface area contributed by atoms with E-state index in [1.54, 1.807) is 6.92 Å². The number of benzene rings is 2. The van der Waals surface area contributed by atoms with E-state index in [0.717, 1.165) is 49.8 Å². The lowest BCUT2D eigenvalue weighted by Crippen LogP contribution is -2.28. The van der Waals surface area contributed by atoms with Crippen LogP contribution in [0.25, 0.3) is 0 Å². The van der Waals surface area contributed by atoms with Gasteiger partial charge in [0.05, 0.1) is 18.8 Å². The zero-order chi connectivity index (χ0) is 30.0. The van der Waals surface area contributed by atoms with Crippen molar-refractivity contribution >= 4 is 17.7 Å². The number of hydrogen-bond donors (Lipinski definition) is 2. The third-order valence-corrected chi connectivity index (χ3v) is 7.13. The molecule has 0 aromatic heterocycles. The summed E-state index contributed by atoms with van der Waals surface area (Å²) in [4.78, 5) is 34.4. The highest BCUT2D eigenvalue weighted by Gasteiger charge is 2.29. The molecule has 0 saturated heterocycles. The fourth-order valence-electron chi connectivity index (χ4n) is 4.83. The molecule has 3 N–H and O–H groups in total. The maximum absolute atomic E-state index is 12.0. The van der Waals surface area contributed by atoms with Crippen LogP contribution in [0.3, 0.4) is 0 Å². The molecule has 0 heterocycles. The minimum atomic E-state index is -0.460. The summed E-state index contributed by atoms with van der Waals surface area (Å²) in [5, 5.41) is 3.50. The summed E-state index contributed by atoms with van der Waals surface area (Å²) in [5.41, 5.74) is 9.93. The molecule has 0 spiro atoms. The van der Waals surface area contributed by atoms with E-state index in [1.165, 1.54) is 11.1 Å². The molecule has 0 radical (unpaired) electrons. The van der Waals surface area contributed by atoms with E-state index >= 15 is 0 Å². The van der Waals surface area contributed by atoms with Gasteiger partial charge < -0.3 is 20.5 Å². The van der Waals surface area contributed by atoms with Crippen molar-refractivity contribution in [2.75, 3.05) is 13.2 Å². The lowest BCUT2D eigenvalue weighted by Gasteiger charge is -2.24. The van der Waals surface area contributed by atoms with E-state index in [1.807, 2.05) is 62.4 Å². The molecule has 1 unspecified atom stereocenters. The highest BCUT2D eigenvalue weighted by atomic mass is 16.5. The molecule has 2 aromatic carbocycles. The van der Waals surface area contributed by atoms with Gasteiger partial charge in [-0.25, -0.2) is 4.79 Å². The fourth-order valence-corrected chi connectivity index (χ4v) is 4.83. The Hall–Kier alpha value is -3.45. The number of hydrogen-bond acceptors (Lipinski definition) is 7. The Kier molecular flexibility index (Phi) is 15.5. The molecule has 3 atom stereocenters. The maximum Gasteiger partial charge on any atom is 0.335 e. The predicted molar refractivity (Wildman–Crippen MR) is 163 cm³/mol. The van der Waals surface area contributed by atoms with Crippen molar-refractivity contribution in [1.82, 2.24) is 5.32 Å². The number of Topliss-reactive ketones (excluding diaryl/α,β-unsaturated/α-hetero) is 1. The highest BCUT2D eigenvalue weighted by Crippen LogP contribution is 2.26. The van der Waals surface area contributed by atoms with Crippen LogP contribution < -0.4 is 11.1 Å². The van der Waals surface area contributed by atoms with Gasteiger partial charge in [0.15, 0.2) is 0 Å². The van der Waals surface area contributed by atoms with E-state index in [4.69, 9.17) is 15.2 Å². The van der Waals surface area contributed by atoms with Gasteiger partial charge in [-0.05, 0) is 77.3 Å². The van der Waals surface area contributed by atoms with Gasteiger partial charge >= 0.3 is 11.9 Å². The molecular weight excluding hydrogens is 516 g/mol. The second-order valence-corrected chi connectivity index (χ2v) is 10.4. The number of carbonyl (C=O) groups excluding carboxylic acids is 3. The summed E-state index contributed by atoms with van der Waals surface area (Å²) in [5.74, 6) is -0.893. The van der Waals surface area contributed by atoms with Crippen LogP contribution in [0.1, 0.15) is 102 Å². The fraction of sp³-hybridized carbons (Fsp3) is 0.500. The number of allylic oxidation sites excluding steroid dienone is 1. The summed E-state index contributed by atoms with van der Waals surface area (Å²) < 4.78 is 9.95. The van der Waals surface area contributed by atoms with Gasteiger partial charge in [-0.2, -0.15) is 0 Å². The Balaban J connectivity index is 0.000000237. The van der Waals surface area contributed by atoms with Gasteiger partial charge in [0.25, 0.3) is 0 Å². The minimum Gasteiger partial charge on any atom is -0.465 e. The first kappa shape index (κ1) is 33.8. The number of rotatable bonds is 8. The van der Waals surface area contributed by atoms with Crippen molar-refractivity contribution in [2.45, 2.75) is 91.1 Å². The molecular formula is C34H48N2O5. The molecule has 4 rings (SSSR count). The number of ketones is 1. The molecule has 224 valence electrons. The Morgan fingerprint density at radius 2 is 1.39 bits per heavy atom. The molecule has 2 aliphatic carbocycles. The first-order valence-electron chi connectivity index (χ1n) is 15.0. The number of nitrogens with one attached hydrogen (secondary N) is 1. The van der Waals surface area contributed by atoms with Crippen LogP contribution in [0, 0.1) is 5.92 Å². The van der Waals surface area contributed by atoms with Crippen LogP contribution in [0.2, 0.25) is 0 Å². The standard InChI is InChI=1S/C17H23NO2.C9H14O3.C8H11N/c1-3-20-17(19)15-11-7-8-12-16(15)18-13(2)14-9-5-4-6-10-14;1-2-12-9(11)7-5-3-4-6-8(7)10;1-7(9)8-5-3-2-4-6-8/h4-6,9-10,13,18H,3,7-8,11-12H2,1-2H3;7H,2-6H2,1H3;2-7H,9H2,1H3/t13-;;7-/m1.1/s1. The van der Waals surface area contributed by atoms with Crippen molar-refractivity contribution in [3.8, 4) is 0 Å². The SMILES string of the molecule is CCOC(=O)C1=C(N[C@H](C)c2ccccc2)CCCC1.CCOC(=O)C1CCCCC1=O.C[C@@H](N)c1ccccc1. The summed E-state index contributed by atoms with van der Waals surface area (Å²) in [6.07, 6.45) is 7.07. The third kappa shape index (κ3) is 11.9. The predicted octanol–water partition coefficient (Wildman–Crippen LogP) is 6.74. The highest BCUT2D eigenvalue weighted by molar-refractivity contribution is 5.99. The van der Waals surface area contributed by atoms with E-state index in [9.17, 15) is 14.4 Å². The molecule has 2 aromatic rings. The molecule has 0 bridgehead atoms. The number of ether oxygens (including phenoxy) is 2. The molecule has 7 heteroatoms. The van der Waals surface area contributed by atoms with Gasteiger partial charge in [-0.1, -0.05) is 67.1 Å². The average Bonchev–Trinajstić information content (AvgIpc) is 2.99. The number of carbonyl (C=O) groups is 3. The van der Waals surface area contributed by atoms with Crippen LogP contribution in [0.4, 0.5) is 0 Å². The largest absolute Gasteiger partial charge is 0.465 e. The third-order valence-electron chi connectivity index (χ3n) is 7.13. The average molecular weight is 565 g/mol. The van der Waals surface area contributed by atoms with Crippen LogP contribution in [0.15, 0.2) is 71.9 Å². The van der Waals surface area contributed by atoms with E-state index in [2.05, 4.69) is 24.4 Å². The Morgan fingerprint density at radius 1 is 0.829 bits per heavy atom. The second kappa shape index (κ2) is 18.8. The molecule has 2 aliphatic rings. The smallest absolute Gasteiger partial charge is 0.335 e. The first-order valence-corrected chi connectivity index (χ1v) is 15.0. The van der Waals surface area contributed by atoms with Crippen LogP contribution in [-0.2, 0) is 23.9 Å².